The summed E-state index contributed by atoms with van der Waals surface area (Å²) in [5.74, 6) is 0.250. The van der Waals surface area contributed by atoms with Gasteiger partial charge in [0.1, 0.15) is 24.3 Å². The van der Waals surface area contributed by atoms with Crippen molar-refractivity contribution in [2.24, 2.45) is 0 Å². The van der Waals surface area contributed by atoms with Gasteiger partial charge in [-0.25, -0.2) is 4.39 Å². The molecule has 1 fully saturated rings. The molecule has 0 spiro atoms. The molecule has 1 aliphatic rings. The van der Waals surface area contributed by atoms with Crippen LogP contribution in [-0.2, 0) is 4.74 Å². The monoisotopic (exact) mass is 269 g/mol. The maximum absolute atomic E-state index is 12.7. The van der Waals surface area contributed by atoms with Crippen LogP contribution in [0.3, 0.4) is 0 Å². The van der Waals surface area contributed by atoms with Gasteiger partial charge in [-0.2, -0.15) is 0 Å². The third kappa shape index (κ3) is 4.45. The van der Waals surface area contributed by atoms with Crippen LogP contribution in [0.4, 0.5) is 4.39 Å². The number of aliphatic hydroxyl groups is 1. The molecule has 0 aromatic heterocycles. The molecular weight excluding hydrogens is 249 g/mol. The summed E-state index contributed by atoms with van der Waals surface area (Å²) >= 11 is 0. The average molecular weight is 269 g/mol. The molecule has 1 saturated heterocycles. The number of benzene rings is 1. The van der Waals surface area contributed by atoms with Crippen LogP contribution >= 0.6 is 0 Å². The van der Waals surface area contributed by atoms with Crippen molar-refractivity contribution in [1.82, 2.24) is 5.32 Å². The van der Waals surface area contributed by atoms with E-state index >= 15 is 0 Å². The maximum Gasteiger partial charge on any atom is 0.123 e. The van der Waals surface area contributed by atoms with E-state index in [1.54, 1.807) is 12.1 Å². The first kappa shape index (κ1) is 14.2. The normalized spacial score (nSPS) is 24.4. The number of aliphatic hydroxyl groups excluding tert-OH is 1. The van der Waals surface area contributed by atoms with Crippen molar-refractivity contribution in [3.8, 4) is 5.75 Å². The predicted octanol–water partition coefficient (Wildman–Crippen LogP) is 1.33. The highest BCUT2D eigenvalue weighted by Gasteiger charge is 2.29. The first-order chi connectivity index (χ1) is 9.07. The molecule has 0 bridgehead atoms. The Morgan fingerprint density at radius 3 is 2.84 bits per heavy atom. The number of β-amino-alcohol motifs (C(OH)–C–C–N with tert-alkyl or cyclic N) is 1. The highest BCUT2D eigenvalue weighted by Crippen LogP contribution is 2.17. The summed E-state index contributed by atoms with van der Waals surface area (Å²) in [4.78, 5) is 0. The molecule has 1 aromatic carbocycles. The van der Waals surface area contributed by atoms with Crippen LogP contribution in [-0.4, -0.2) is 43.1 Å². The van der Waals surface area contributed by atoms with Crippen molar-refractivity contribution >= 4 is 0 Å². The zero-order valence-electron chi connectivity index (χ0n) is 11.1. The molecule has 106 valence electrons. The summed E-state index contributed by atoms with van der Waals surface area (Å²) < 4.78 is 23.4. The van der Waals surface area contributed by atoms with Gasteiger partial charge < -0.3 is 19.9 Å². The number of nitrogens with one attached hydrogen (secondary N) is 1. The molecular formula is C14H20FNO3. The molecule has 2 N–H and O–H groups in total. The molecule has 1 heterocycles. The zero-order valence-corrected chi connectivity index (χ0v) is 11.1. The molecule has 19 heavy (non-hydrogen) atoms. The topological polar surface area (TPSA) is 50.7 Å². The minimum absolute atomic E-state index is 0.0587. The molecule has 2 unspecified atom stereocenters. The Labute approximate surface area is 112 Å². The second-order valence-corrected chi connectivity index (χ2v) is 5.16. The van der Waals surface area contributed by atoms with Crippen LogP contribution in [0.5, 0.6) is 5.75 Å². The zero-order chi connectivity index (χ0) is 13.7. The van der Waals surface area contributed by atoms with E-state index in [0.717, 1.165) is 13.0 Å². The SMILES string of the molecule is CC1(NCC(O)COc2ccc(F)cc2)CCOC1. The van der Waals surface area contributed by atoms with E-state index in [9.17, 15) is 9.50 Å². The fraction of sp³-hybridized carbons (Fsp3) is 0.571. The Balaban J connectivity index is 1.69. The molecule has 0 saturated carbocycles. The van der Waals surface area contributed by atoms with Gasteiger partial charge in [0, 0.05) is 18.7 Å². The van der Waals surface area contributed by atoms with Crippen LogP contribution in [0.25, 0.3) is 0 Å². The molecule has 2 rings (SSSR count). The molecule has 0 radical (unpaired) electrons. The lowest BCUT2D eigenvalue weighted by molar-refractivity contribution is 0.0944. The van der Waals surface area contributed by atoms with Crippen molar-refractivity contribution in [2.45, 2.75) is 25.0 Å². The Kier molecular flexibility index (Phi) is 4.74. The third-order valence-electron chi connectivity index (χ3n) is 3.24. The van der Waals surface area contributed by atoms with Gasteiger partial charge in [0.05, 0.1) is 6.61 Å². The van der Waals surface area contributed by atoms with E-state index in [4.69, 9.17) is 9.47 Å². The van der Waals surface area contributed by atoms with E-state index in [-0.39, 0.29) is 18.0 Å². The lowest BCUT2D eigenvalue weighted by atomic mass is 10.0. The van der Waals surface area contributed by atoms with Crippen molar-refractivity contribution in [3.05, 3.63) is 30.1 Å². The molecule has 2 atom stereocenters. The standard InChI is InChI=1S/C14H20FNO3/c1-14(6-7-18-10-14)16-8-12(17)9-19-13-4-2-11(15)3-5-13/h2-5,12,16-17H,6-10H2,1H3. The van der Waals surface area contributed by atoms with Gasteiger partial charge in [-0.1, -0.05) is 0 Å². The van der Waals surface area contributed by atoms with Crippen LogP contribution in [0, 0.1) is 5.82 Å². The molecule has 1 aromatic rings. The van der Waals surface area contributed by atoms with Crippen molar-refractivity contribution < 1.29 is 19.0 Å². The lowest BCUT2D eigenvalue weighted by Gasteiger charge is -2.25. The van der Waals surface area contributed by atoms with Gasteiger partial charge in [0.15, 0.2) is 0 Å². The third-order valence-corrected chi connectivity index (χ3v) is 3.24. The number of halogens is 1. The Hall–Kier alpha value is -1.17. The van der Waals surface area contributed by atoms with E-state index in [1.807, 2.05) is 0 Å². The Morgan fingerprint density at radius 1 is 1.47 bits per heavy atom. The maximum atomic E-state index is 12.7. The van der Waals surface area contributed by atoms with E-state index < -0.39 is 6.10 Å². The number of hydrogen-bond donors (Lipinski definition) is 2. The summed E-state index contributed by atoms with van der Waals surface area (Å²) in [5.41, 5.74) is -0.0587. The number of hydrogen-bond acceptors (Lipinski definition) is 4. The minimum Gasteiger partial charge on any atom is -0.491 e. The molecule has 0 aliphatic carbocycles. The first-order valence-corrected chi connectivity index (χ1v) is 6.47. The van der Waals surface area contributed by atoms with Gasteiger partial charge in [-0.15, -0.1) is 0 Å². The second-order valence-electron chi connectivity index (χ2n) is 5.16. The highest BCUT2D eigenvalue weighted by molar-refractivity contribution is 5.22. The van der Waals surface area contributed by atoms with E-state index in [2.05, 4.69) is 12.2 Å². The summed E-state index contributed by atoms with van der Waals surface area (Å²) in [5, 5.41) is 13.1. The van der Waals surface area contributed by atoms with Gasteiger partial charge in [-0.3, -0.25) is 0 Å². The van der Waals surface area contributed by atoms with Gasteiger partial charge >= 0.3 is 0 Å². The van der Waals surface area contributed by atoms with Gasteiger partial charge in [-0.05, 0) is 37.6 Å². The van der Waals surface area contributed by atoms with E-state index in [0.29, 0.717) is 18.9 Å². The van der Waals surface area contributed by atoms with E-state index in [1.165, 1.54) is 12.1 Å². The van der Waals surface area contributed by atoms with Crippen LogP contribution in [0.1, 0.15) is 13.3 Å². The van der Waals surface area contributed by atoms with Gasteiger partial charge in [0.25, 0.3) is 0 Å². The van der Waals surface area contributed by atoms with Crippen LogP contribution in [0.15, 0.2) is 24.3 Å². The Morgan fingerprint density at radius 2 is 2.21 bits per heavy atom. The fourth-order valence-electron chi connectivity index (χ4n) is 1.95. The smallest absolute Gasteiger partial charge is 0.123 e. The second kappa shape index (κ2) is 6.32. The average Bonchev–Trinajstić information content (AvgIpc) is 2.83. The number of ether oxygens (including phenoxy) is 2. The largest absolute Gasteiger partial charge is 0.491 e. The summed E-state index contributed by atoms with van der Waals surface area (Å²) in [7, 11) is 0. The Bertz CT molecular complexity index is 390. The van der Waals surface area contributed by atoms with Crippen molar-refractivity contribution in [3.63, 3.8) is 0 Å². The van der Waals surface area contributed by atoms with Crippen molar-refractivity contribution in [2.75, 3.05) is 26.4 Å². The van der Waals surface area contributed by atoms with Gasteiger partial charge in [0.2, 0.25) is 0 Å². The molecule has 1 aliphatic heterocycles. The number of rotatable bonds is 6. The summed E-state index contributed by atoms with van der Waals surface area (Å²) in [6.45, 7) is 4.12. The van der Waals surface area contributed by atoms with Crippen LogP contribution < -0.4 is 10.1 Å². The fourth-order valence-corrected chi connectivity index (χ4v) is 1.95. The predicted molar refractivity (Wildman–Crippen MR) is 69.7 cm³/mol. The molecule has 0 amide bonds. The summed E-state index contributed by atoms with van der Waals surface area (Å²) in [6.07, 6.45) is 0.334. The lowest BCUT2D eigenvalue weighted by Crippen LogP contribution is -2.47. The minimum atomic E-state index is -0.609. The van der Waals surface area contributed by atoms with Crippen molar-refractivity contribution in [1.29, 1.82) is 0 Å². The summed E-state index contributed by atoms with van der Waals surface area (Å²) in [6, 6.07) is 5.75. The quantitative estimate of drug-likeness (QED) is 0.818. The molecule has 5 heteroatoms. The first-order valence-electron chi connectivity index (χ1n) is 6.47. The molecule has 4 nitrogen and oxygen atoms in total. The van der Waals surface area contributed by atoms with Crippen LogP contribution in [0.2, 0.25) is 0 Å². The highest BCUT2D eigenvalue weighted by atomic mass is 19.1.